The average Bonchev–Trinajstić information content (AvgIpc) is 2.97. The Bertz CT molecular complexity index is 576. The molecule has 0 spiro atoms. The maximum Gasteiger partial charge on any atom is 0.149 e. The fourth-order valence-corrected chi connectivity index (χ4v) is 2.01. The van der Waals surface area contributed by atoms with E-state index in [1.807, 2.05) is 25.1 Å². The van der Waals surface area contributed by atoms with Gasteiger partial charge in [0, 0.05) is 16.1 Å². The van der Waals surface area contributed by atoms with Gasteiger partial charge in [-0.05, 0) is 38.0 Å². The highest BCUT2D eigenvalue weighted by Crippen LogP contribution is 2.41. The van der Waals surface area contributed by atoms with Crippen LogP contribution in [0.5, 0.6) is 0 Å². The molecule has 2 aromatic rings. The molecule has 0 aliphatic heterocycles. The molecule has 1 heterocycles. The van der Waals surface area contributed by atoms with Crippen LogP contribution in [0, 0.1) is 6.92 Å². The first-order valence-corrected chi connectivity index (χ1v) is 5.70. The van der Waals surface area contributed by atoms with Crippen molar-refractivity contribution in [3.05, 3.63) is 34.7 Å². The first-order valence-electron chi connectivity index (χ1n) is 5.32. The van der Waals surface area contributed by atoms with Crippen LogP contribution in [0.3, 0.4) is 0 Å². The number of hydrogen-bond acceptors (Lipinski definition) is 3. The minimum Gasteiger partial charge on any atom is -0.319 e. The zero-order valence-electron chi connectivity index (χ0n) is 9.00. The van der Waals surface area contributed by atoms with E-state index in [2.05, 4.69) is 9.97 Å². The molecule has 1 aromatic heterocycles. The molecule has 16 heavy (non-hydrogen) atoms. The topological polar surface area (TPSA) is 51.8 Å². The second kappa shape index (κ2) is 3.15. The molecule has 82 valence electrons. The van der Waals surface area contributed by atoms with Gasteiger partial charge < -0.3 is 5.73 Å². The van der Waals surface area contributed by atoms with Gasteiger partial charge in [-0.25, -0.2) is 9.97 Å². The number of hydrogen-bond donors (Lipinski definition) is 1. The smallest absolute Gasteiger partial charge is 0.149 e. The van der Waals surface area contributed by atoms with Crippen LogP contribution in [0.2, 0.25) is 5.02 Å². The molecule has 3 rings (SSSR count). The standard InChI is InChI=1S/C12H12ClN3/c1-7-9-3-2-8(13)6-10(9)16-11(15-7)12(14)4-5-12/h2-3,6H,4-5,14H2,1H3. The molecule has 0 atom stereocenters. The van der Waals surface area contributed by atoms with Crippen molar-refractivity contribution in [3.63, 3.8) is 0 Å². The zero-order valence-corrected chi connectivity index (χ0v) is 9.75. The Hall–Kier alpha value is -1.19. The molecule has 0 radical (unpaired) electrons. The summed E-state index contributed by atoms with van der Waals surface area (Å²) in [6, 6.07) is 5.67. The predicted molar refractivity (Wildman–Crippen MR) is 64.4 cm³/mol. The number of aromatic nitrogens is 2. The van der Waals surface area contributed by atoms with Crippen LogP contribution in [-0.2, 0) is 5.54 Å². The van der Waals surface area contributed by atoms with Crippen LogP contribution in [0.15, 0.2) is 18.2 Å². The lowest BCUT2D eigenvalue weighted by molar-refractivity contribution is 0.674. The van der Waals surface area contributed by atoms with Crippen molar-refractivity contribution in [2.24, 2.45) is 5.73 Å². The first-order chi connectivity index (χ1) is 7.58. The zero-order chi connectivity index (χ0) is 11.3. The highest BCUT2D eigenvalue weighted by Gasteiger charge is 2.43. The Morgan fingerprint density at radius 1 is 1.31 bits per heavy atom. The minimum atomic E-state index is -0.290. The quantitative estimate of drug-likeness (QED) is 0.824. The van der Waals surface area contributed by atoms with E-state index in [0.29, 0.717) is 5.02 Å². The van der Waals surface area contributed by atoms with E-state index in [1.54, 1.807) is 0 Å². The molecule has 0 amide bonds. The maximum absolute atomic E-state index is 6.11. The van der Waals surface area contributed by atoms with Crippen molar-refractivity contribution < 1.29 is 0 Å². The largest absolute Gasteiger partial charge is 0.319 e. The number of nitrogens with two attached hydrogens (primary N) is 1. The molecular weight excluding hydrogens is 222 g/mol. The average molecular weight is 234 g/mol. The Kier molecular flexibility index (Phi) is 1.97. The molecule has 0 bridgehead atoms. The van der Waals surface area contributed by atoms with E-state index in [-0.39, 0.29) is 5.54 Å². The molecule has 1 aromatic carbocycles. The summed E-state index contributed by atoms with van der Waals surface area (Å²) in [5.41, 5.74) is 7.66. The Labute approximate surface area is 98.6 Å². The van der Waals surface area contributed by atoms with Crippen LogP contribution in [-0.4, -0.2) is 9.97 Å². The highest BCUT2D eigenvalue weighted by atomic mass is 35.5. The van der Waals surface area contributed by atoms with Crippen LogP contribution in [0.1, 0.15) is 24.4 Å². The number of benzene rings is 1. The molecule has 0 unspecified atom stereocenters. The van der Waals surface area contributed by atoms with E-state index >= 15 is 0 Å². The third-order valence-electron chi connectivity index (χ3n) is 3.08. The molecule has 0 saturated heterocycles. The van der Waals surface area contributed by atoms with Crippen molar-refractivity contribution in [3.8, 4) is 0 Å². The van der Waals surface area contributed by atoms with Gasteiger partial charge in [0.1, 0.15) is 5.82 Å². The number of halogens is 1. The lowest BCUT2D eigenvalue weighted by Gasteiger charge is -2.10. The molecule has 2 N–H and O–H groups in total. The molecule has 1 saturated carbocycles. The molecule has 1 aliphatic rings. The molecular formula is C12H12ClN3. The van der Waals surface area contributed by atoms with Crippen molar-refractivity contribution >= 4 is 22.5 Å². The van der Waals surface area contributed by atoms with Gasteiger partial charge in [0.05, 0.1) is 11.1 Å². The van der Waals surface area contributed by atoms with Crippen LogP contribution in [0.25, 0.3) is 10.9 Å². The Balaban J connectivity index is 2.27. The third kappa shape index (κ3) is 1.47. The summed E-state index contributed by atoms with van der Waals surface area (Å²) >= 11 is 5.96. The lowest BCUT2D eigenvalue weighted by Crippen LogP contribution is -2.22. The third-order valence-corrected chi connectivity index (χ3v) is 3.32. The van der Waals surface area contributed by atoms with Gasteiger partial charge in [0.25, 0.3) is 0 Å². The van der Waals surface area contributed by atoms with Gasteiger partial charge in [0.15, 0.2) is 0 Å². The highest BCUT2D eigenvalue weighted by molar-refractivity contribution is 6.31. The summed E-state index contributed by atoms with van der Waals surface area (Å²) in [6.45, 7) is 1.98. The monoisotopic (exact) mass is 233 g/mol. The molecule has 3 nitrogen and oxygen atoms in total. The van der Waals surface area contributed by atoms with Gasteiger partial charge in [-0.15, -0.1) is 0 Å². The Morgan fingerprint density at radius 3 is 2.75 bits per heavy atom. The fourth-order valence-electron chi connectivity index (χ4n) is 1.84. The summed E-state index contributed by atoms with van der Waals surface area (Å²) in [5, 5.41) is 1.73. The summed E-state index contributed by atoms with van der Waals surface area (Å²) < 4.78 is 0. The normalized spacial score (nSPS) is 17.7. The summed E-state index contributed by atoms with van der Waals surface area (Å²) in [6.07, 6.45) is 1.94. The second-order valence-corrected chi connectivity index (χ2v) is 4.89. The van der Waals surface area contributed by atoms with Crippen molar-refractivity contribution in [1.29, 1.82) is 0 Å². The second-order valence-electron chi connectivity index (χ2n) is 4.45. The summed E-state index contributed by atoms with van der Waals surface area (Å²) in [4.78, 5) is 9.00. The number of aryl methyl sites for hydroxylation is 1. The first kappa shape index (κ1) is 10.00. The predicted octanol–water partition coefficient (Wildman–Crippen LogP) is 2.54. The molecule has 4 heteroatoms. The lowest BCUT2D eigenvalue weighted by atomic mass is 10.1. The summed E-state index contributed by atoms with van der Waals surface area (Å²) in [5.74, 6) is 0.750. The number of rotatable bonds is 1. The molecule has 1 fully saturated rings. The van der Waals surface area contributed by atoms with E-state index in [1.165, 1.54) is 0 Å². The van der Waals surface area contributed by atoms with E-state index in [4.69, 9.17) is 17.3 Å². The number of fused-ring (bicyclic) bond motifs is 1. The van der Waals surface area contributed by atoms with Gasteiger partial charge in [-0.1, -0.05) is 11.6 Å². The van der Waals surface area contributed by atoms with Crippen molar-refractivity contribution in [2.45, 2.75) is 25.3 Å². The van der Waals surface area contributed by atoms with Crippen LogP contribution in [0.4, 0.5) is 0 Å². The van der Waals surface area contributed by atoms with Gasteiger partial charge >= 0.3 is 0 Å². The number of nitrogens with zero attached hydrogens (tertiary/aromatic N) is 2. The van der Waals surface area contributed by atoms with Crippen molar-refractivity contribution in [1.82, 2.24) is 9.97 Å². The SMILES string of the molecule is Cc1nc(C2(N)CC2)nc2cc(Cl)ccc12. The minimum absolute atomic E-state index is 0.290. The Morgan fingerprint density at radius 2 is 2.06 bits per heavy atom. The summed E-state index contributed by atoms with van der Waals surface area (Å²) in [7, 11) is 0. The fraction of sp³-hybridized carbons (Fsp3) is 0.333. The van der Waals surface area contributed by atoms with Crippen LogP contribution < -0.4 is 5.73 Å². The van der Waals surface area contributed by atoms with Gasteiger partial charge in [-0.2, -0.15) is 0 Å². The molecule has 1 aliphatic carbocycles. The van der Waals surface area contributed by atoms with Gasteiger partial charge in [0.2, 0.25) is 0 Å². The van der Waals surface area contributed by atoms with E-state index in [9.17, 15) is 0 Å². The van der Waals surface area contributed by atoms with E-state index in [0.717, 1.165) is 35.3 Å². The van der Waals surface area contributed by atoms with Crippen LogP contribution >= 0.6 is 11.6 Å². The maximum atomic E-state index is 6.11. The van der Waals surface area contributed by atoms with E-state index < -0.39 is 0 Å². The van der Waals surface area contributed by atoms with Gasteiger partial charge in [-0.3, -0.25) is 0 Å². The van der Waals surface area contributed by atoms with Crippen molar-refractivity contribution in [2.75, 3.05) is 0 Å².